The Bertz CT molecular complexity index is 2370. The summed E-state index contributed by atoms with van der Waals surface area (Å²) < 4.78 is 0. The van der Waals surface area contributed by atoms with Crippen LogP contribution in [-0.4, -0.2) is 9.97 Å². The number of anilines is 3. The molecular weight excluding hydrogens is 645 g/mol. The average Bonchev–Trinajstić information content (AvgIpc) is 3.20. The molecule has 0 aliphatic heterocycles. The fourth-order valence-corrected chi connectivity index (χ4v) is 10.8. The van der Waals surface area contributed by atoms with Gasteiger partial charge in [-0.1, -0.05) is 97.5 Å². The minimum Gasteiger partial charge on any atom is -0.319 e. The number of hydrogen-bond acceptors (Lipinski definition) is 4. The Kier molecular flexibility index (Phi) is 7.64. The van der Waals surface area contributed by atoms with Crippen LogP contribution in [0, 0.1) is 12.8 Å². The maximum atomic E-state index is 5.06. The zero-order valence-electron chi connectivity index (χ0n) is 31.0. The van der Waals surface area contributed by atoms with E-state index in [1.54, 1.807) is 16.7 Å². The zero-order chi connectivity index (χ0) is 35.7. The highest BCUT2D eigenvalue weighted by atomic mass is 15.2. The second kappa shape index (κ2) is 12.6. The molecule has 0 saturated carbocycles. The predicted molar refractivity (Wildman–Crippen MR) is 218 cm³/mol. The third-order valence-corrected chi connectivity index (χ3v) is 13.1. The largest absolute Gasteiger partial charge is 0.319 e. The molecule has 4 heteroatoms. The predicted octanol–water partition coefficient (Wildman–Crippen LogP) is 11.7. The fourth-order valence-electron chi connectivity index (χ4n) is 10.8. The molecule has 53 heavy (non-hydrogen) atoms. The molecule has 0 bridgehead atoms. The SMILES string of the molecule is CC1=CC(N(c2ccccn2)C2CC=Cc3ccccc32)=C2CCc3c(C)cc(N(c4ccccn4)C4CC=Cc5ccccc54)c4c3C2(C)C1CC4. The van der Waals surface area contributed by atoms with Crippen LogP contribution >= 0.6 is 0 Å². The zero-order valence-corrected chi connectivity index (χ0v) is 31.0. The Labute approximate surface area is 313 Å². The molecule has 262 valence electrons. The highest BCUT2D eigenvalue weighted by Crippen LogP contribution is 2.61. The molecule has 0 radical (unpaired) electrons. The van der Waals surface area contributed by atoms with Crippen LogP contribution in [0.1, 0.15) is 96.1 Å². The molecule has 2 aromatic heterocycles. The number of allylic oxidation sites excluding steroid dienone is 3. The van der Waals surface area contributed by atoms with Crippen molar-refractivity contribution in [3.63, 3.8) is 0 Å². The van der Waals surface area contributed by atoms with Crippen molar-refractivity contribution < 1.29 is 0 Å². The van der Waals surface area contributed by atoms with E-state index < -0.39 is 0 Å². The smallest absolute Gasteiger partial charge is 0.133 e. The van der Waals surface area contributed by atoms with Crippen molar-refractivity contribution in [2.75, 3.05) is 9.80 Å². The molecule has 10 rings (SSSR count). The maximum Gasteiger partial charge on any atom is 0.133 e. The lowest BCUT2D eigenvalue weighted by atomic mass is 9.52. The molecule has 5 aromatic rings. The summed E-state index contributed by atoms with van der Waals surface area (Å²) in [6.07, 6.45) is 21.9. The second-order valence-electron chi connectivity index (χ2n) is 15.8. The summed E-state index contributed by atoms with van der Waals surface area (Å²) in [5, 5.41) is 0. The Morgan fingerprint density at radius 3 is 1.91 bits per heavy atom. The van der Waals surface area contributed by atoms with Gasteiger partial charge in [-0.15, -0.1) is 0 Å². The van der Waals surface area contributed by atoms with Gasteiger partial charge >= 0.3 is 0 Å². The third-order valence-electron chi connectivity index (χ3n) is 13.1. The number of rotatable bonds is 6. The molecular formula is C49H46N4. The third kappa shape index (κ3) is 4.95. The number of aromatic nitrogens is 2. The number of nitrogens with zero attached hydrogens (tertiary/aromatic N) is 4. The van der Waals surface area contributed by atoms with Gasteiger partial charge in [0.2, 0.25) is 0 Å². The molecule has 4 nitrogen and oxygen atoms in total. The molecule has 5 aliphatic rings. The first-order valence-corrected chi connectivity index (χ1v) is 19.5. The Morgan fingerprint density at radius 2 is 1.26 bits per heavy atom. The van der Waals surface area contributed by atoms with Crippen LogP contribution in [0.4, 0.5) is 17.3 Å². The van der Waals surface area contributed by atoms with Gasteiger partial charge in [0.15, 0.2) is 0 Å². The Morgan fingerprint density at radius 1 is 0.660 bits per heavy atom. The van der Waals surface area contributed by atoms with E-state index in [1.807, 2.05) is 24.5 Å². The van der Waals surface area contributed by atoms with Gasteiger partial charge in [0.05, 0.1) is 12.1 Å². The number of aryl methyl sites for hydroxylation is 1. The van der Waals surface area contributed by atoms with Crippen LogP contribution < -0.4 is 9.80 Å². The van der Waals surface area contributed by atoms with Crippen LogP contribution in [0.15, 0.2) is 138 Å². The van der Waals surface area contributed by atoms with Crippen molar-refractivity contribution in [1.29, 1.82) is 0 Å². The Hall–Kier alpha value is -5.48. The van der Waals surface area contributed by atoms with Gasteiger partial charge in [-0.25, -0.2) is 9.97 Å². The molecule has 5 aliphatic carbocycles. The van der Waals surface area contributed by atoms with Gasteiger partial charge < -0.3 is 9.80 Å². The van der Waals surface area contributed by atoms with E-state index in [4.69, 9.17) is 9.97 Å². The summed E-state index contributed by atoms with van der Waals surface area (Å²) in [6, 6.07) is 33.5. The summed E-state index contributed by atoms with van der Waals surface area (Å²) in [6.45, 7) is 7.37. The first-order chi connectivity index (χ1) is 26.0. The first kappa shape index (κ1) is 32.2. The lowest BCUT2D eigenvalue weighted by molar-refractivity contribution is 0.311. The van der Waals surface area contributed by atoms with E-state index in [2.05, 4.69) is 140 Å². The van der Waals surface area contributed by atoms with E-state index in [0.717, 1.165) is 50.2 Å². The Balaban J connectivity index is 1.20. The van der Waals surface area contributed by atoms with Crippen molar-refractivity contribution in [3.05, 3.63) is 183 Å². The summed E-state index contributed by atoms with van der Waals surface area (Å²) in [5.74, 6) is 2.49. The molecule has 0 fully saturated rings. The van der Waals surface area contributed by atoms with Crippen LogP contribution in [0.25, 0.3) is 12.2 Å². The first-order valence-electron chi connectivity index (χ1n) is 19.5. The van der Waals surface area contributed by atoms with Gasteiger partial charge in [0.1, 0.15) is 11.6 Å². The van der Waals surface area contributed by atoms with Gasteiger partial charge in [-0.05, 0) is 145 Å². The molecule has 0 saturated heterocycles. The van der Waals surface area contributed by atoms with Crippen LogP contribution in [0.3, 0.4) is 0 Å². The van der Waals surface area contributed by atoms with Crippen LogP contribution in [-0.2, 0) is 18.3 Å². The lowest BCUT2D eigenvalue weighted by Crippen LogP contribution is -2.47. The number of hydrogen-bond donors (Lipinski definition) is 0. The van der Waals surface area contributed by atoms with E-state index in [0.29, 0.717) is 5.92 Å². The molecule has 3 aromatic carbocycles. The van der Waals surface area contributed by atoms with Crippen molar-refractivity contribution >= 4 is 29.5 Å². The van der Waals surface area contributed by atoms with Crippen LogP contribution in [0.5, 0.6) is 0 Å². The molecule has 2 heterocycles. The molecule has 0 amide bonds. The van der Waals surface area contributed by atoms with Crippen molar-refractivity contribution in [2.24, 2.45) is 5.92 Å². The fraction of sp³-hybridized carbons (Fsp3) is 0.265. The summed E-state index contributed by atoms with van der Waals surface area (Å²) in [4.78, 5) is 15.3. The lowest BCUT2D eigenvalue weighted by Gasteiger charge is -2.54. The quantitative estimate of drug-likeness (QED) is 0.178. The second-order valence-corrected chi connectivity index (χ2v) is 15.8. The number of fused-ring (bicyclic) bond motifs is 2. The van der Waals surface area contributed by atoms with Gasteiger partial charge in [-0.2, -0.15) is 0 Å². The standard InChI is InChI=1S/C49H46N4/c1-32-30-44(52(46-22-8-10-28-50-46)42-20-12-16-34-14-4-6-18-37(34)42)39-25-26-40-33(2)31-45(41-27-24-36(32)48(39)49(40,41)3)53(47-23-9-11-29-51-47)43-21-13-17-35-15-5-7-19-38(35)43/h4-19,22-23,28-31,40,42-43H,20-21,24-27H2,1-3H3. The van der Waals surface area contributed by atoms with Gasteiger partial charge in [-0.3, -0.25) is 0 Å². The van der Waals surface area contributed by atoms with Crippen molar-refractivity contribution in [2.45, 2.75) is 76.8 Å². The van der Waals surface area contributed by atoms with E-state index in [9.17, 15) is 0 Å². The molecule has 4 unspecified atom stereocenters. The highest BCUT2D eigenvalue weighted by molar-refractivity contribution is 5.76. The van der Waals surface area contributed by atoms with Crippen molar-refractivity contribution in [3.8, 4) is 0 Å². The van der Waals surface area contributed by atoms with E-state index >= 15 is 0 Å². The molecule has 4 atom stereocenters. The van der Waals surface area contributed by atoms with Gasteiger partial charge in [0.25, 0.3) is 0 Å². The maximum absolute atomic E-state index is 5.06. The average molecular weight is 691 g/mol. The van der Waals surface area contributed by atoms with Gasteiger partial charge in [0, 0.05) is 29.2 Å². The minimum absolute atomic E-state index is 0.132. The van der Waals surface area contributed by atoms with E-state index in [-0.39, 0.29) is 17.5 Å². The minimum atomic E-state index is -0.132. The molecule has 0 N–H and O–H groups in total. The highest BCUT2D eigenvalue weighted by Gasteiger charge is 2.52. The molecule has 0 spiro atoms. The van der Waals surface area contributed by atoms with Crippen LogP contribution in [0.2, 0.25) is 0 Å². The number of pyridine rings is 2. The number of benzene rings is 3. The summed E-state index contributed by atoms with van der Waals surface area (Å²) in [7, 11) is 0. The monoisotopic (exact) mass is 690 g/mol. The van der Waals surface area contributed by atoms with E-state index in [1.165, 1.54) is 50.3 Å². The topological polar surface area (TPSA) is 32.3 Å². The summed E-state index contributed by atoms with van der Waals surface area (Å²) in [5.41, 5.74) is 17.0. The van der Waals surface area contributed by atoms with Crippen molar-refractivity contribution in [1.82, 2.24) is 9.97 Å². The normalized spacial score (nSPS) is 23.5. The summed E-state index contributed by atoms with van der Waals surface area (Å²) >= 11 is 0.